The fourth-order valence-electron chi connectivity index (χ4n) is 3.66. The minimum absolute atomic E-state index is 0.0117. The van der Waals surface area contributed by atoms with Gasteiger partial charge in [-0.1, -0.05) is 38.1 Å². The van der Waals surface area contributed by atoms with E-state index in [1.165, 1.54) is 0 Å². The van der Waals surface area contributed by atoms with Gasteiger partial charge in [-0.2, -0.15) is 0 Å². The number of methoxy groups -OCH3 is 1. The van der Waals surface area contributed by atoms with Gasteiger partial charge in [0.15, 0.2) is 0 Å². The van der Waals surface area contributed by atoms with Crippen molar-refractivity contribution in [3.05, 3.63) is 59.7 Å². The number of hydrogen-bond donors (Lipinski definition) is 1. The van der Waals surface area contributed by atoms with Crippen LogP contribution in [0.25, 0.3) is 0 Å². The summed E-state index contributed by atoms with van der Waals surface area (Å²) in [5.74, 6) is 1.16. The van der Waals surface area contributed by atoms with Crippen LogP contribution in [0.3, 0.4) is 0 Å². The van der Waals surface area contributed by atoms with E-state index in [1.54, 1.807) is 19.2 Å². The lowest BCUT2D eigenvalue weighted by atomic mass is 10.0. The lowest BCUT2D eigenvalue weighted by molar-refractivity contribution is 0.246. The lowest BCUT2D eigenvalue weighted by Gasteiger charge is -2.28. The smallest absolute Gasteiger partial charge is 0.240 e. The zero-order chi connectivity index (χ0) is 20.1. The Morgan fingerprint density at radius 2 is 1.71 bits per heavy atom. The molecule has 0 unspecified atom stereocenters. The molecule has 6 heteroatoms. The summed E-state index contributed by atoms with van der Waals surface area (Å²) in [6, 6.07) is 15.0. The van der Waals surface area contributed by atoms with Gasteiger partial charge in [0.2, 0.25) is 10.0 Å². The summed E-state index contributed by atoms with van der Waals surface area (Å²) in [7, 11) is -1.91. The van der Waals surface area contributed by atoms with Crippen LogP contribution in [0.5, 0.6) is 5.75 Å². The highest BCUT2D eigenvalue weighted by Gasteiger charge is 2.26. The van der Waals surface area contributed by atoms with Crippen LogP contribution in [-0.4, -0.2) is 40.1 Å². The van der Waals surface area contributed by atoms with Crippen LogP contribution in [0.2, 0.25) is 0 Å². The Hall–Kier alpha value is -1.89. The van der Waals surface area contributed by atoms with E-state index in [1.807, 2.05) is 36.4 Å². The van der Waals surface area contributed by atoms with Gasteiger partial charge in [0.25, 0.3) is 0 Å². The molecule has 1 fully saturated rings. The average Bonchev–Trinajstić information content (AvgIpc) is 3.23. The summed E-state index contributed by atoms with van der Waals surface area (Å²) in [4.78, 5) is 2.65. The van der Waals surface area contributed by atoms with Crippen molar-refractivity contribution in [1.82, 2.24) is 9.62 Å². The molecule has 28 heavy (non-hydrogen) atoms. The van der Waals surface area contributed by atoms with Crippen molar-refractivity contribution in [2.24, 2.45) is 0 Å². The van der Waals surface area contributed by atoms with Crippen molar-refractivity contribution in [1.29, 1.82) is 0 Å². The van der Waals surface area contributed by atoms with Crippen molar-refractivity contribution in [2.75, 3.05) is 26.7 Å². The molecular weight excluding hydrogens is 372 g/mol. The van der Waals surface area contributed by atoms with Gasteiger partial charge in [-0.25, -0.2) is 13.1 Å². The van der Waals surface area contributed by atoms with Crippen molar-refractivity contribution in [3.63, 3.8) is 0 Å². The molecule has 0 saturated carbocycles. The van der Waals surface area contributed by atoms with Crippen molar-refractivity contribution in [2.45, 2.75) is 43.5 Å². The van der Waals surface area contributed by atoms with Crippen LogP contribution < -0.4 is 9.46 Å². The SMILES string of the molecule is COc1cccc([C@H](CNS(=O)(=O)c2ccc(C(C)C)cc2)N2CCCC2)c1. The number of sulfonamides is 1. The second-order valence-corrected chi connectivity index (χ2v) is 9.38. The maximum atomic E-state index is 12.8. The molecule has 2 aromatic rings. The Balaban J connectivity index is 1.78. The fourth-order valence-corrected chi connectivity index (χ4v) is 4.70. The van der Waals surface area contributed by atoms with Crippen LogP contribution in [0, 0.1) is 0 Å². The minimum Gasteiger partial charge on any atom is -0.497 e. The summed E-state index contributed by atoms with van der Waals surface area (Å²) in [6.07, 6.45) is 2.29. The first-order chi connectivity index (χ1) is 13.4. The molecule has 1 saturated heterocycles. The monoisotopic (exact) mass is 402 g/mol. The van der Waals surface area contributed by atoms with E-state index in [0.717, 1.165) is 42.8 Å². The van der Waals surface area contributed by atoms with E-state index in [2.05, 4.69) is 23.5 Å². The third-order valence-corrected chi connectivity index (χ3v) is 6.82. The molecule has 3 rings (SSSR count). The van der Waals surface area contributed by atoms with E-state index in [4.69, 9.17) is 4.74 Å². The molecule has 1 atom stereocenters. The highest BCUT2D eigenvalue weighted by atomic mass is 32.2. The molecular formula is C22H30N2O3S. The van der Waals surface area contributed by atoms with E-state index in [0.29, 0.717) is 17.4 Å². The second kappa shape index (κ2) is 9.07. The molecule has 1 heterocycles. The minimum atomic E-state index is -3.56. The van der Waals surface area contributed by atoms with E-state index >= 15 is 0 Å². The van der Waals surface area contributed by atoms with Crippen molar-refractivity contribution < 1.29 is 13.2 Å². The quantitative estimate of drug-likeness (QED) is 0.727. The normalized spacial score (nSPS) is 16.4. The molecule has 1 N–H and O–H groups in total. The topological polar surface area (TPSA) is 58.6 Å². The van der Waals surface area contributed by atoms with Gasteiger partial charge < -0.3 is 4.74 Å². The zero-order valence-corrected chi connectivity index (χ0v) is 17.7. The van der Waals surface area contributed by atoms with Crippen molar-refractivity contribution in [3.8, 4) is 5.75 Å². The van der Waals surface area contributed by atoms with Gasteiger partial charge in [-0.3, -0.25) is 4.90 Å². The molecule has 2 aromatic carbocycles. The molecule has 0 amide bonds. The largest absolute Gasteiger partial charge is 0.497 e. The van der Waals surface area contributed by atoms with Gasteiger partial charge >= 0.3 is 0 Å². The number of hydrogen-bond acceptors (Lipinski definition) is 4. The molecule has 1 aliphatic rings. The average molecular weight is 403 g/mol. The Labute approximate surface area is 168 Å². The van der Waals surface area contributed by atoms with Crippen molar-refractivity contribution >= 4 is 10.0 Å². The van der Waals surface area contributed by atoms with Crippen LogP contribution in [-0.2, 0) is 10.0 Å². The molecule has 0 bridgehead atoms. The summed E-state index contributed by atoms with van der Waals surface area (Å²) >= 11 is 0. The first-order valence-corrected chi connectivity index (χ1v) is 11.4. The Bertz CT molecular complexity index is 873. The summed E-state index contributed by atoms with van der Waals surface area (Å²) < 4.78 is 33.8. The van der Waals surface area contributed by atoms with Crippen LogP contribution >= 0.6 is 0 Å². The third-order valence-electron chi connectivity index (χ3n) is 5.38. The van der Waals surface area contributed by atoms with E-state index < -0.39 is 10.0 Å². The highest BCUT2D eigenvalue weighted by Crippen LogP contribution is 2.27. The van der Waals surface area contributed by atoms with Gasteiger partial charge in [0, 0.05) is 12.6 Å². The van der Waals surface area contributed by atoms with Crippen LogP contribution in [0.15, 0.2) is 53.4 Å². The third kappa shape index (κ3) is 4.93. The highest BCUT2D eigenvalue weighted by molar-refractivity contribution is 7.89. The molecule has 1 aliphatic heterocycles. The standard InChI is InChI=1S/C22H30N2O3S/c1-17(2)18-9-11-21(12-10-18)28(25,26)23-16-22(24-13-4-5-14-24)19-7-6-8-20(15-19)27-3/h6-12,15,17,22-23H,4-5,13-14,16H2,1-3H3/t22-/m0/s1. The molecule has 0 aliphatic carbocycles. The van der Waals surface area contributed by atoms with Crippen LogP contribution in [0.1, 0.15) is 49.8 Å². The fraction of sp³-hybridized carbons (Fsp3) is 0.455. The molecule has 0 radical (unpaired) electrons. The van der Waals surface area contributed by atoms with Gasteiger partial charge in [0.1, 0.15) is 5.75 Å². The number of nitrogens with zero attached hydrogens (tertiary/aromatic N) is 1. The number of ether oxygens (including phenoxy) is 1. The molecule has 5 nitrogen and oxygen atoms in total. The van der Waals surface area contributed by atoms with Gasteiger partial charge in [-0.05, 0) is 67.2 Å². The first-order valence-electron chi connectivity index (χ1n) is 9.88. The molecule has 0 aromatic heterocycles. The Morgan fingerprint density at radius 3 is 2.32 bits per heavy atom. The zero-order valence-electron chi connectivity index (χ0n) is 16.9. The predicted octanol–water partition coefficient (Wildman–Crippen LogP) is 3.93. The number of likely N-dealkylation sites (tertiary alicyclic amines) is 1. The molecule has 0 spiro atoms. The van der Waals surface area contributed by atoms with Crippen LogP contribution in [0.4, 0.5) is 0 Å². The molecule has 152 valence electrons. The van der Waals surface area contributed by atoms with E-state index in [-0.39, 0.29) is 6.04 Å². The Kier molecular flexibility index (Phi) is 6.75. The van der Waals surface area contributed by atoms with Gasteiger partial charge in [-0.15, -0.1) is 0 Å². The summed E-state index contributed by atoms with van der Waals surface area (Å²) in [5.41, 5.74) is 2.20. The Morgan fingerprint density at radius 1 is 1.04 bits per heavy atom. The summed E-state index contributed by atoms with van der Waals surface area (Å²) in [6.45, 7) is 6.48. The predicted molar refractivity (Wildman–Crippen MR) is 112 cm³/mol. The number of nitrogens with one attached hydrogen (secondary N) is 1. The maximum Gasteiger partial charge on any atom is 0.240 e. The number of rotatable bonds is 8. The number of benzene rings is 2. The second-order valence-electron chi connectivity index (χ2n) is 7.61. The lowest BCUT2D eigenvalue weighted by Crippen LogP contribution is -2.36. The first kappa shape index (κ1) is 20.8. The summed E-state index contributed by atoms with van der Waals surface area (Å²) in [5, 5.41) is 0. The van der Waals surface area contributed by atoms with Gasteiger partial charge in [0.05, 0.1) is 12.0 Å². The maximum absolute atomic E-state index is 12.8. The van der Waals surface area contributed by atoms with E-state index in [9.17, 15) is 8.42 Å².